The lowest BCUT2D eigenvalue weighted by molar-refractivity contribution is -0.161. The average Bonchev–Trinajstić information content (AvgIpc) is 1.01. The molecule has 0 spiro atoms. The molecule has 600 valence electrons. The summed E-state index contributed by atoms with van der Waals surface area (Å²) in [6.45, 7) is 7.34. The van der Waals surface area contributed by atoms with Crippen molar-refractivity contribution in [3.8, 4) is 0 Å². The summed E-state index contributed by atoms with van der Waals surface area (Å²) in [7, 11) is -9.92. The molecular weight excluding hydrogens is 1320 g/mol. The van der Waals surface area contributed by atoms with Crippen molar-refractivity contribution in [1.29, 1.82) is 0 Å². The monoisotopic (exact) mass is 1480 g/mol. The molecule has 0 radical (unpaired) electrons. The minimum Gasteiger partial charge on any atom is -0.462 e. The summed E-state index contributed by atoms with van der Waals surface area (Å²) in [5, 5.41) is 10.6. The van der Waals surface area contributed by atoms with Gasteiger partial charge in [-0.05, 0) is 31.6 Å². The summed E-state index contributed by atoms with van der Waals surface area (Å²) in [4.78, 5) is 73.0. The van der Waals surface area contributed by atoms with Crippen molar-refractivity contribution >= 4 is 39.5 Å². The van der Waals surface area contributed by atoms with Crippen molar-refractivity contribution in [1.82, 2.24) is 0 Å². The van der Waals surface area contributed by atoms with E-state index in [2.05, 4.69) is 34.6 Å². The maximum Gasteiger partial charge on any atom is 0.472 e. The van der Waals surface area contributed by atoms with E-state index < -0.39 is 97.5 Å². The van der Waals surface area contributed by atoms with Gasteiger partial charge in [0.15, 0.2) is 12.2 Å². The van der Waals surface area contributed by atoms with Gasteiger partial charge in [-0.25, -0.2) is 9.13 Å². The molecule has 0 amide bonds. The highest BCUT2D eigenvalue weighted by Gasteiger charge is 2.30. The number of hydrogen-bond donors (Lipinski definition) is 3. The van der Waals surface area contributed by atoms with Crippen molar-refractivity contribution < 1.29 is 80.2 Å². The fourth-order valence-electron chi connectivity index (χ4n) is 12.8. The van der Waals surface area contributed by atoms with Crippen LogP contribution in [0, 0.1) is 5.92 Å². The van der Waals surface area contributed by atoms with E-state index in [4.69, 9.17) is 37.0 Å². The summed E-state index contributed by atoms with van der Waals surface area (Å²) in [5.41, 5.74) is 0. The molecule has 2 unspecified atom stereocenters. The van der Waals surface area contributed by atoms with E-state index in [1.54, 1.807) is 0 Å². The summed E-state index contributed by atoms with van der Waals surface area (Å²) < 4.78 is 68.7. The first kappa shape index (κ1) is 99.1. The largest absolute Gasteiger partial charge is 0.472 e. The average molecular weight is 1480 g/mol. The van der Waals surface area contributed by atoms with Crippen molar-refractivity contribution in [3.63, 3.8) is 0 Å². The molecule has 0 aromatic rings. The van der Waals surface area contributed by atoms with Gasteiger partial charge in [0.2, 0.25) is 0 Å². The Kier molecular flexibility index (Phi) is 73.5. The van der Waals surface area contributed by atoms with Crippen LogP contribution in [0.5, 0.6) is 0 Å². The molecule has 0 bridgehead atoms. The molecule has 0 aromatic heterocycles. The molecule has 3 N–H and O–H groups in total. The van der Waals surface area contributed by atoms with Crippen molar-refractivity contribution in [3.05, 3.63) is 0 Å². The van der Waals surface area contributed by atoms with Crippen molar-refractivity contribution in [2.75, 3.05) is 39.6 Å². The predicted molar refractivity (Wildman–Crippen MR) is 414 cm³/mol. The topological polar surface area (TPSA) is 237 Å². The molecule has 17 nitrogen and oxygen atoms in total. The number of rotatable bonds is 82. The highest BCUT2D eigenvalue weighted by Crippen LogP contribution is 2.45. The normalized spacial score (nSPS) is 13.8. The van der Waals surface area contributed by atoms with Gasteiger partial charge in [0.05, 0.1) is 26.4 Å². The quantitative estimate of drug-likeness (QED) is 0.0222. The van der Waals surface area contributed by atoms with Gasteiger partial charge in [0.1, 0.15) is 19.3 Å². The maximum absolute atomic E-state index is 13.1. The van der Waals surface area contributed by atoms with Crippen LogP contribution >= 0.6 is 15.6 Å². The van der Waals surface area contributed by atoms with E-state index in [1.165, 1.54) is 263 Å². The maximum atomic E-state index is 13.1. The van der Waals surface area contributed by atoms with Gasteiger partial charge in [-0.2, -0.15) is 0 Å². The lowest BCUT2D eigenvalue weighted by Crippen LogP contribution is -2.30. The van der Waals surface area contributed by atoms with Crippen LogP contribution in [0.25, 0.3) is 0 Å². The Morgan fingerprint density at radius 2 is 0.455 bits per heavy atom. The molecule has 0 aromatic carbocycles. The zero-order valence-corrected chi connectivity index (χ0v) is 67.8. The van der Waals surface area contributed by atoms with Crippen molar-refractivity contribution in [2.24, 2.45) is 5.92 Å². The molecule has 0 aliphatic carbocycles. The lowest BCUT2D eigenvalue weighted by Gasteiger charge is -2.21. The van der Waals surface area contributed by atoms with Gasteiger partial charge < -0.3 is 33.8 Å². The van der Waals surface area contributed by atoms with Gasteiger partial charge in [-0.1, -0.05) is 388 Å². The zero-order chi connectivity index (χ0) is 74.1. The smallest absolute Gasteiger partial charge is 0.462 e. The molecule has 0 saturated heterocycles. The number of phosphoric acid groups is 2. The van der Waals surface area contributed by atoms with Crippen LogP contribution in [0.4, 0.5) is 0 Å². The second-order valence-corrected chi connectivity index (χ2v) is 32.9. The van der Waals surface area contributed by atoms with Crippen LogP contribution in [0.3, 0.4) is 0 Å². The number of carbonyl (C=O) groups excluding carboxylic acids is 4. The van der Waals surface area contributed by atoms with E-state index >= 15 is 0 Å². The van der Waals surface area contributed by atoms with Crippen LogP contribution in [-0.2, 0) is 65.4 Å². The van der Waals surface area contributed by atoms with Crippen LogP contribution in [0.1, 0.15) is 439 Å². The Morgan fingerprint density at radius 1 is 0.267 bits per heavy atom. The third-order valence-corrected chi connectivity index (χ3v) is 21.2. The van der Waals surface area contributed by atoms with E-state index in [1.807, 2.05) is 0 Å². The van der Waals surface area contributed by atoms with Gasteiger partial charge in [-0.15, -0.1) is 0 Å². The number of aliphatic hydroxyl groups excluding tert-OH is 1. The highest BCUT2D eigenvalue weighted by molar-refractivity contribution is 7.47. The van der Waals surface area contributed by atoms with Crippen molar-refractivity contribution in [2.45, 2.75) is 457 Å². The SMILES string of the molecule is CCCCCCCCCCCCCCCCCCCCCC(=O)O[C@H](COC(=O)CCCCCCCCCCCCCCCCC(C)C)COP(=O)(O)OC[C@@H](O)COP(=O)(O)OC[C@@H](COC(=O)CCCCCCCCCC)OC(=O)CCCCCCCCCCCCCCCCCCC. The van der Waals surface area contributed by atoms with Crippen LogP contribution < -0.4 is 0 Å². The Labute approximate surface area is 619 Å². The van der Waals surface area contributed by atoms with Gasteiger partial charge in [0, 0.05) is 25.7 Å². The Bertz CT molecular complexity index is 1930. The van der Waals surface area contributed by atoms with Crippen LogP contribution in [0.2, 0.25) is 0 Å². The molecule has 0 heterocycles. The molecule has 19 heteroatoms. The van der Waals surface area contributed by atoms with E-state index in [-0.39, 0.29) is 25.7 Å². The van der Waals surface area contributed by atoms with Gasteiger partial charge in [-0.3, -0.25) is 37.3 Å². The minimum atomic E-state index is -4.96. The molecular formula is C82H160O17P2. The Morgan fingerprint density at radius 3 is 0.673 bits per heavy atom. The fourth-order valence-corrected chi connectivity index (χ4v) is 14.3. The number of unbranched alkanes of at least 4 members (excludes halogenated alkanes) is 54. The Balaban J connectivity index is 5.19. The standard InChI is InChI=1S/C82H160O17P2/c1-6-9-12-15-18-21-23-25-27-29-30-32-34-40-44-48-53-58-63-68-82(87)99-78(72-93-80(85)66-61-56-51-46-42-38-36-35-37-41-45-49-54-59-64-75(4)5)74-97-101(90,91)95-70-76(83)69-94-100(88,89)96-73-77(71-92-79(84)65-60-55-50-20-17-14-11-8-3)98-81(86)67-62-57-52-47-43-39-33-31-28-26-24-22-19-16-13-10-7-2/h75-78,83H,6-74H2,1-5H3,(H,88,89)(H,90,91)/t76-,77+,78+/m0/s1. The molecule has 0 fully saturated rings. The third-order valence-electron chi connectivity index (χ3n) is 19.3. The fraction of sp³-hybridized carbons (Fsp3) is 0.951. The molecule has 0 aliphatic rings. The van der Waals surface area contributed by atoms with E-state index in [9.17, 15) is 43.2 Å². The van der Waals surface area contributed by atoms with E-state index in [0.29, 0.717) is 25.7 Å². The first-order chi connectivity index (χ1) is 49.0. The lowest BCUT2D eigenvalue weighted by atomic mass is 10.0. The number of aliphatic hydroxyl groups is 1. The third kappa shape index (κ3) is 76.1. The Hall–Kier alpha value is -1.94. The number of carbonyl (C=O) groups is 4. The first-order valence-corrected chi connectivity index (χ1v) is 45.6. The van der Waals surface area contributed by atoms with Crippen LogP contribution in [-0.4, -0.2) is 96.7 Å². The minimum absolute atomic E-state index is 0.109. The number of phosphoric ester groups is 2. The number of esters is 4. The molecule has 101 heavy (non-hydrogen) atoms. The van der Waals surface area contributed by atoms with E-state index in [0.717, 1.165) is 95.8 Å². The molecule has 0 saturated carbocycles. The summed E-state index contributed by atoms with van der Waals surface area (Å²) >= 11 is 0. The van der Waals surface area contributed by atoms with Crippen LogP contribution in [0.15, 0.2) is 0 Å². The first-order valence-electron chi connectivity index (χ1n) is 42.6. The second kappa shape index (κ2) is 74.9. The number of hydrogen-bond acceptors (Lipinski definition) is 15. The number of ether oxygens (including phenoxy) is 4. The molecule has 0 aliphatic heterocycles. The molecule has 0 rings (SSSR count). The second-order valence-electron chi connectivity index (χ2n) is 30.0. The summed E-state index contributed by atoms with van der Waals surface area (Å²) in [5.74, 6) is -1.31. The summed E-state index contributed by atoms with van der Waals surface area (Å²) in [6.07, 6.45) is 66.7. The molecule has 5 atom stereocenters. The van der Waals surface area contributed by atoms with Gasteiger partial charge in [0.25, 0.3) is 0 Å². The van der Waals surface area contributed by atoms with Gasteiger partial charge >= 0.3 is 39.5 Å². The predicted octanol–water partition coefficient (Wildman–Crippen LogP) is 24.8. The highest BCUT2D eigenvalue weighted by atomic mass is 31.2. The summed E-state index contributed by atoms with van der Waals surface area (Å²) in [6, 6.07) is 0. The zero-order valence-electron chi connectivity index (χ0n) is 66.1.